The SMILES string of the molecule is COCC(=O)CN(CCC#N)CC(C)C. The summed E-state index contributed by atoms with van der Waals surface area (Å²) in [6.07, 6.45) is 0.465. The number of Topliss-reactive ketones (excluding diaryl/α,β-unsaturated/α-hetero) is 1. The quantitative estimate of drug-likeness (QED) is 0.604. The Hall–Kier alpha value is -0.920. The molecule has 4 heteroatoms. The molecule has 0 aromatic carbocycles. The molecule has 0 aliphatic rings. The van der Waals surface area contributed by atoms with Crippen molar-refractivity contribution >= 4 is 5.78 Å². The molecule has 0 heterocycles. The standard InChI is InChI=1S/C11H20N2O2/c1-10(2)7-13(6-4-5-12)8-11(14)9-15-3/h10H,4,6-9H2,1-3H3. The van der Waals surface area contributed by atoms with Crippen LogP contribution in [0.5, 0.6) is 0 Å². The maximum absolute atomic E-state index is 11.3. The van der Waals surface area contributed by atoms with E-state index in [4.69, 9.17) is 10.00 Å². The first-order valence-corrected chi connectivity index (χ1v) is 5.20. The van der Waals surface area contributed by atoms with Crippen LogP contribution in [0.3, 0.4) is 0 Å². The molecule has 0 radical (unpaired) electrons. The predicted molar refractivity (Wildman–Crippen MR) is 58.4 cm³/mol. The summed E-state index contributed by atoms with van der Waals surface area (Å²) in [6, 6.07) is 2.09. The van der Waals surface area contributed by atoms with Gasteiger partial charge in [0.25, 0.3) is 0 Å². The van der Waals surface area contributed by atoms with E-state index < -0.39 is 0 Å². The van der Waals surface area contributed by atoms with Crippen LogP contribution in [0.4, 0.5) is 0 Å². The van der Waals surface area contributed by atoms with Gasteiger partial charge >= 0.3 is 0 Å². The van der Waals surface area contributed by atoms with E-state index in [0.717, 1.165) is 6.54 Å². The smallest absolute Gasteiger partial charge is 0.172 e. The topological polar surface area (TPSA) is 53.3 Å². The highest BCUT2D eigenvalue weighted by atomic mass is 16.5. The average Bonchev–Trinajstić information content (AvgIpc) is 2.13. The van der Waals surface area contributed by atoms with Gasteiger partial charge in [-0.3, -0.25) is 9.69 Å². The number of rotatable bonds is 8. The van der Waals surface area contributed by atoms with Crippen LogP contribution in [0.1, 0.15) is 20.3 Å². The molecule has 0 unspecified atom stereocenters. The summed E-state index contributed by atoms with van der Waals surface area (Å²) in [5.74, 6) is 0.565. The third-order valence-corrected chi connectivity index (χ3v) is 1.87. The molecule has 4 nitrogen and oxygen atoms in total. The monoisotopic (exact) mass is 212 g/mol. The minimum atomic E-state index is 0.0658. The fraction of sp³-hybridized carbons (Fsp3) is 0.818. The van der Waals surface area contributed by atoms with Crippen LogP contribution >= 0.6 is 0 Å². The minimum absolute atomic E-state index is 0.0658. The molecule has 0 spiro atoms. The number of nitriles is 1. The summed E-state index contributed by atoms with van der Waals surface area (Å²) in [4.78, 5) is 13.4. The second-order valence-electron chi connectivity index (χ2n) is 4.01. The zero-order valence-corrected chi connectivity index (χ0v) is 9.82. The Morgan fingerprint density at radius 3 is 2.67 bits per heavy atom. The molecule has 0 bridgehead atoms. The van der Waals surface area contributed by atoms with Gasteiger partial charge in [-0.25, -0.2) is 0 Å². The lowest BCUT2D eigenvalue weighted by Crippen LogP contribution is -2.35. The predicted octanol–water partition coefficient (Wildman–Crippen LogP) is 1.07. The van der Waals surface area contributed by atoms with E-state index in [9.17, 15) is 4.79 Å². The van der Waals surface area contributed by atoms with Gasteiger partial charge in [0.2, 0.25) is 0 Å². The van der Waals surface area contributed by atoms with Gasteiger partial charge in [-0.05, 0) is 5.92 Å². The van der Waals surface area contributed by atoms with Crippen molar-refractivity contribution in [2.45, 2.75) is 20.3 Å². The zero-order valence-electron chi connectivity index (χ0n) is 9.82. The van der Waals surface area contributed by atoms with Crippen molar-refractivity contribution in [1.29, 1.82) is 5.26 Å². The average molecular weight is 212 g/mol. The maximum Gasteiger partial charge on any atom is 0.172 e. The van der Waals surface area contributed by atoms with E-state index >= 15 is 0 Å². The van der Waals surface area contributed by atoms with Crippen LogP contribution in [-0.4, -0.2) is 44.0 Å². The van der Waals surface area contributed by atoms with Crippen molar-refractivity contribution in [3.8, 4) is 6.07 Å². The third kappa shape index (κ3) is 8.10. The largest absolute Gasteiger partial charge is 0.377 e. The molecule has 15 heavy (non-hydrogen) atoms. The second-order valence-corrected chi connectivity index (χ2v) is 4.01. The molecule has 0 aromatic rings. The Morgan fingerprint density at radius 1 is 1.53 bits per heavy atom. The van der Waals surface area contributed by atoms with Crippen LogP contribution in [0, 0.1) is 17.2 Å². The Kier molecular flexibility index (Phi) is 7.88. The lowest BCUT2D eigenvalue weighted by atomic mass is 10.2. The van der Waals surface area contributed by atoms with Crippen LogP contribution in [-0.2, 0) is 9.53 Å². The molecule has 0 aromatic heterocycles. The number of hydrogen-bond donors (Lipinski definition) is 0. The summed E-state index contributed by atoms with van der Waals surface area (Å²) in [5.41, 5.74) is 0. The molecule has 0 N–H and O–H groups in total. The van der Waals surface area contributed by atoms with Gasteiger partial charge in [-0.1, -0.05) is 13.8 Å². The molecule has 0 aliphatic carbocycles. The van der Waals surface area contributed by atoms with Crippen LogP contribution in [0.2, 0.25) is 0 Å². The van der Waals surface area contributed by atoms with E-state index in [1.54, 1.807) is 0 Å². The molecular weight excluding hydrogens is 192 g/mol. The summed E-state index contributed by atoms with van der Waals surface area (Å²) in [7, 11) is 1.51. The van der Waals surface area contributed by atoms with Crippen molar-refractivity contribution in [2.24, 2.45) is 5.92 Å². The van der Waals surface area contributed by atoms with E-state index in [2.05, 4.69) is 19.9 Å². The van der Waals surface area contributed by atoms with Crippen LogP contribution in [0.15, 0.2) is 0 Å². The van der Waals surface area contributed by atoms with E-state index in [-0.39, 0.29) is 12.4 Å². The summed E-state index contributed by atoms with van der Waals surface area (Å²) in [5, 5.41) is 8.50. The fourth-order valence-corrected chi connectivity index (χ4v) is 1.42. The molecule has 0 rings (SSSR count). The first-order chi connectivity index (χ1) is 7.10. The number of nitrogens with zero attached hydrogens (tertiary/aromatic N) is 2. The van der Waals surface area contributed by atoms with E-state index in [0.29, 0.717) is 25.4 Å². The summed E-state index contributed by atoms with van der Waals surface area (Å²) in [6.45, 7) is 6.23. The lowest BCUT2D eigenvalue weighted by molar-refractivity contribution is -0.123. The van der Waals surface area contributed by atoms with Gasteiger partial charge in [0, 0.05) is 26.6 Å². The van der Waals surface area contributed by atoms with Crippen molar-refractivity contribution < 1.29 is 9.53 Å². The maximum atomic E-state index is 11.3. The number of carbonyl (C=O) groups is 1. The summed E-state index contributed by atoms with van der Waals surface area (Å²) >= 11 is 0. The molecular formula is C11H20N2O2. The number of methoxy groups -OCH3 is 1. The molecule has 0 saturated heterocycles. The Morgan fingerprint density at radius 2 is 2.20 bits per heavy atom. The number of carbonyl (C=O) groups excluding carboxylic acids is 1. The highest BCUT2D eigenvalue weighted by Gasteiger charge is 2.11. The van der Waals surface area contributed by atoms with Crippen molar-refractivity contribution in [1.82, 2.24) is 4.90 Å². The second kappa shape index (κ2) is 8.39. The first-order valence-electron chi connectivity index (χ1n) is 5.20. The van der Waals surface area contributed by atoms with Crippen LogP contribution < -0.4 is 0 Å². The Balaban J connectivity index is 4.00. The summed E-state index contributed by atoms with van der Waals surface area (Å²) < 4.78 is 4.77. The van der Waals surface area contributed by atoms with Gasteiger partial charge in [-0.2, -0.15) is 5.26 Å². The molecule has 0 aliphatic heterocycles. The highest BCUT2D eigenvalue weighted by Crippen LogP contribution is 2.00. The number of hydrogen-bond acceptors (Lipinski definition) is 4. The third-order valence-electron chi connectivity index (χ3n) is 1.87. The Labute approximate surface area is 91.8 Å². The Bertz CT molecular complexity index is 221. The van der Waals surface area contributed by atoms with Gasteiger partial charge in [0.1, 0.15) is 6.61 Å². The minimum Gasteiger partial charge on any atom is -0.377 e. The van der Waals surface area contributed by atoms with Gasteiger partial charge < -0.3 is 4.74 Å². The molecule has 0 atom stereocenters. The zero-order chi connectivity index (χ0) is 11.7. The van der Waals surface area contributed by atoms with Crippen LogP contribution in [0.25, 0.3) is 0 Å². The van der Waals surface area contributed by atoms with E-state index in [1.807, 2.05) is 4.90 Å². The van der Waals surface area contributed by atoms with Gasteiger partial charge in [-0.15, -0.1) is 0 Å². The number of ether oxygens (including phenoxy) is 1. The van der Waals surface area contributed by atoms with E-state index in [1.165, 1.54) is 7.11 Å². The van der Waals surface area contributed by atoms with Crippen molar-refractivity contribution in [2.75, 3.05) is 33.4 Å². The fourth-order valence-electron chi connectivity index (χ4n) is 1.42. The highest BCUT2D eigenvalue weighted by molar-refractivity contribution is 5.81. The molecule has 0 fully saturated rings. The van der Waals surface area contributed by atoms with Crippen molar-refractivity contribution in [3.63, 3.8) is 0 Å². The normalized spacial score (nSPS) is 10.7. The lowest BCUT2D eigenvalue weighted by Gasteiger charge is -2.22. The van der Waals surface area contributed by atoms with Crippen molar-refractivity contribution in [3.05, 3.63) is 0 Å². The molecule has 0 saturated carbocycles. The van der Waals surface area contributed by atoms with Gasteiger partial charge in [0.05, 0.1) is 12.6 Å². The number of ketones is 1. The first kappa shape index (κ1) is 14.1. The van der Waals surface area contributed by atoms with Gasteiger partial charge in [0.15, 0.2) is 5.78 Å². The molecule has 86 valence electrons. The molecule has 0 amide bonds.